The van der Waals surface area contributed by atoms with E-state index in [1.807, 2.05) is 28.8 Å². The van der Waals surface area contributed by atoms with Gasteiger partial charge in [0.15, 0.2) is 5.58 Å². The molecule has 6 nitrogen and oxygen atoms in total. The molecule has 0 radical (unpaired) electrons. The molecule has 0 bridgehead atoms. The van der Waals surface area contributed by atoms with Crippen LogP contribution in [0.1, 0.15) is 31.4 Å². The first kappa shape index (κ1) is 15.0. The Labute approximate surface area is 133 Å². The highest BCUT2D eigenvalue weighted by molar-refractivity contribution is 5.90. The molecular weight excluding hydrogens is 294 g/mol. The Balaban J connectivity index is 2.04. The third-order valence-electron chi connectivity index (χ3n) is 3.44. The Morgan fingerprint density at radius 1 is 1.39 bits per heavy atom. The summed E-state index contributed by atoms with van der Waals surface area (Å²) < 4.78 is 7.68. The van der Waals surface area contributed by atoms with Crippen molar-refractivity contribution in [3.05, 3.63) is 48.4 Å². The first-order valence-corrected chi connectivity index (χ1v) is 7.46. The fourth-order valence-electron chi connectivity index (χ4n) is 2.42. The number of carboxylic acid groups (broad SMARTS) is 1. The van der Waals surface area contributed by atoms with Crippen LogP contribution >= 0.6 is 0 Å². The van der Waals surface area contributed by atoms with Crippen LogP contribution in [-0.2, 0) is 11.3 Å². The van der Waals surface area contributed by atoms with Gasteiger partial charge in [0, 0.05) is 12.1 Å². The van der Waals surface area contributed by atoms with Crippen LogP contribution in [0.3, 0.4) is 0 Å². The molecule has 2 heterocycles. The molecule has 0 aliphatic heterocycles. The minimum Gasteiger partial charge on any atom is -0.481 e. The molecule has 3 aromatic rings. The Morgan fingerprint density at radius 3 is 2.96 bits per heavy atom. The maximum absolute atomic E-state index is 11.2. The maximum atomic E-state index is 11.2. The third kappa shape index (κ3) is 3.31. The molecule has 0 spiro atoms. The van der Waals surface area contributed by atoms with E-state index in [4.69, 9.17) is 4.42 Å². The van der Waals surface area contributed by atoms with Crippen molar-refractivity contribution in [2.24, 2.45) is 0 Å². The average molecular weight is 311 g/mol. The summed E-state index contributed by atoms with van der Waals surface area (Å²) >= 11 is 0. The second kappa shape index (κ2) is 6.48. The smallest absolute Gasteiger partial charge is 0.308 e. The first-order chi connectivity index (χ1) is 11.2. The molecule has 6 heteroatoms. The van der Waals surface area contributed by atoms with E-state index in [0.717, 1.165) is 18.7 Å². The van der Waals surface area contributed by atoms with Gasteiger partial charge in [-0.25, -0.2) is 9.97 Å². The molecule has 118 valence electrons. The van der Waals surface area contributed by atoms with Gasteiger partial charge in [0.2, 0.25) is 5.89 Å². The second-order valence-electron chi connectivity index (χ2n) is 5.24. The van der Waals surface area contributed by atoms with E-state index >= 15 is 0 Å². The fourth-order valence-corrected chi connectivity index (χ4v) is 2.42. The monoisotopic (exact) mass is 311 g/mol. The fraction of sp³-hybridized carbons (Fsp3) is 0.235. The van der Waals surface area contributed by atoms with Gasteiger partial charge in [-0.2, -0.15) is 0 Å². The van der Waals surface area contributed by atoms with Crippen LogP contribution in [0.4, 0.5) is 0 Å². The van der Waals surface area contributed by atoms with Crippen LogP contribution < -0.4 is 0 Å². The molecule has 0 saturated carbocycles. The first-order valence-electron chi connectivity index (χ1n) is 7.46. The lowest BCUT2D eigenvalue weighted by molar-refractivity contribution is -0.135. The summed E-state index contributed by atoms with van der Waals surface area (Å²) in [7, 11) is 0. The van der Waals surface area contributed by atoms with Crippen molar-refractivity contribution in [2.75, 3.05) is 0 Å². The van der Waals surface area contributed by atoms with E-state index in [1.54, 1.807) is 18.6 Å². The largest absolute Gasteiger partial charge is 0.481 e. The van der Waals surface area contributed by atoms with Crippen molar-refractivity contribution in [1.82, 2.24) is 14.5 Å². The maximum Gasteiger partial charge on any atom is 0.308 e. The predicted molar refractivity (Wildman–Crippen MR) is 86.7 cm³/mol. The van der Waals surface area contributed by atoms with Crippen molar-refractivity contribution < 1.29 is 14.3 Å². The lowest BCUT2D eigenvalue weighted by Crippen LogP contribution is -2.00. The van der Waals surface area contributed by atoms with E-state index in [9.17, 15) is 9.90 Å². The Hall–Kier alpha value is -2.89. The minimum absolute atomic E-state index is 0.163. The van der Waals surface area contributed by atoms with Crippen molar-refractivity contribution in [2.45, 2.75) is 26.3 Å². The van der Waals surface area contributed by atoms with Gasteiger partial charge in [0.25, 0.3) is 0 Å². The molecule has 0 saturated heterocycles. The van der Waals surface area contributed by atoms with Gasteiger partial charge in [-0.3, -0.25) is 4.79 Å². The highest BCUT2D eigenvalue weighted by Gasteiger charge is 2.15. The normalized spacial score (nSPS) is 12.0. The lowest BCUT2D eigenvalue weighted by Gasteiger charge is -2.04. The number of aryl methyl sites for hydroxylation is 1. The summed E-state index contributed by atoms with van der Waals surface area (Å²) in [6.45, 7) is 2.90. The highest BCUT2D eigenvalue weighted by atomic mass is 16.4. The zero-order valence-electron chi connectivity index (χ0n) is 12.8. The number of benzene rings is 1. The van der Waals surface area contributed by atoms with E-state index in [-0.39, 0.29) is 6.42 Å². The SMILES string of the molecule is CCCn1cncc1/C=C(\CC(=O)O)c1nc2ccccc2o1. The molecule has 0 fully saturated rings. The molecule has 0 unspecified atom stereocenters. The summed E-state index contributed by atoms with van der Waals surface area (Å²) in [5.74, 6) is -0.599. The standard InChI is InChI=1S/C17H17N3O3/c1-2-7-20-11-18-10-13(20)8-12(9-16(21)22)17-19-14-5-3-4-6-15(14)23-17/h3-6,8,10-11H,2,7,9H2,1H3,(H,21,22)/b12-8+. The number of rotatable bonds is 6. The van der Waals surface area contributed by atoms with Gasteiger partial charge in [-0.15, -0.1) is 0 Å². The number of nitrogens with zero attached hydrogens (tertiary/aromatic N) is 3. The molecule has 23 heavy (non-hydrogen) atoms. The zero-order valence-corrected chi connectivity index (χ0v) is 12.8. The van der Waals surface area contributed by atoms with E-state index < -0.39 is 5.97 Å². The van der Waals surface area contributed by atoms with Gasteiger partial charge in [0.05, 0.1) is 24.6 Å². The number of aromatic nitrogens is 3. The lowest BCUT2D eigenvalue weighted by atomic mass is 10.1. The molecule has 3 rings (SSSR count). The van der Waals surface area contributed by atoms with E-state index in [1.165, 1.54) is 0 Å². The van der Waals surface area contributed by atoms with Gasteiger partial charge >= 0.3 is 5.97 Å². The number of aliphatic carboxylic acids is 1. The Kier molecular flexibility index (Phi) is 4.23. The number of carbonyl (C=O) groups is 1. The molecule has 1 aromatic carbocycles. The second-order valence-corrected chi connectivity index (χ2v) is 5.24. The minimum atomic E-state index is -0.930. The molecule has 2 aromatic heterocycles. The number of hydrogen-bond donors (Lipinski definition) is 1. The van der Waals surface area contributed by atoms with Crippen LogP contribution in [0.15, 0.2) is 41.2 Å². The average Bonchev–Trinajstić information content (AvgIpc) is 3.13. The number of oxazole rings is 1. The number of fused-ring (bicyclic) bond motifs is 1. The van der Waals surface area contributed by atoms with Crippen LogP contribution in [-0.4, -0.2) is 25.6 Å². The molecule has 0 atom stereocenters. The summed E-state index contributed by atoms with van der Waals surface area (Å²) in [4.78, 5) is 19.7. The molecule has 1 N–H and O–H groups in total. The number of imidazole rings is 1. The highest BCUT2D eigenvalue weighted by Crippen LogP contribution is 2.25. The van der Waals surface area contributed by atoms with E-state index in [2.05, 4.69) is 16.9 Å². The van der Waals surface area contributed by atoms with Gasteiger partial charge in [-0.1, -0.05) is 19.1 Å². The molecule has 0 aliphatic carbocycles. The summed E-state index contributed by atoms with van der Waals surface area (Å²) in [6.07, 6.45) is 6.03. The van der Waals surface area contributed by atoms with E-state index in [0.29, 0.717) is 22.6 Å². The quantitative estimate of drug-likeness (QED) is 0.754. The topological polar surface area (TPSA) is 81.2 Å². The van der Waals surface area contributed by atoms with Gasteiger partial charge < -0.3 is 14.1 Å². The number of hydrogen-bond acceptors (Lipinski definition) is 4. The van der Waals surface area contributed by atoms with Crippen LogP contribution in [0, 0.1) is 0 Å². The zero-order chi connectivity index (χ0) is 16.2. The van der Waals surface area contributed by atoms with Crippen molar-refractivity contribution in [3.8, 4) is 0 Å². The predicted octanol–water partition coefficient (Wildman–Crippen LogP) is 3.45. The molecule has 0 amide bonds. The molecule has 0 aliphatic rings. The van der Waals surface area contributed by atoms with Crippen molar-refractivity contribution >= 4 is 28.7 Å². The van der Waals surface area contributed by atoms with Gasteiger partial charge in [0.1, 0.15) is 5.52 Å². The summed E-state index contributed by atoms with van der Waals surface area (Å²) in [6, 6.07) is 7.37. The Bertz CT molecular complexity index is 828. The number of carboxylic acids is 1. The summed E-state index contributed by atoms with van der Waals surface area (Å²) in [5, 5.41) is 9.19. The van der Waals surface area contributed by atoms with Crippen LogP contribution in [0.5, 0.6) is 0 Å². The third-order valence-corrected chi connectivity index (χ3v) is 3.44. The number of para-hydroxylation sites is 2. The van der Waals surface area contributed by atoms with Crippen LogP contribution in [0.2, 0.25) is 0 Å². The summed E-state index contributed by atoms with van der Waals surface area (Å²) in [5.41, 5.74) is 2.71. The van der Waals surface area contributed by atoms with Gasteiger partial charge in [-0.05, 0) is 24.6 Å². The molecular formula is C17H17N3O3. The van der Waals surface area contributed by atoms with Crippen LogP contribution in [0.25, 0.3) is 22.7 Å². The Morgan fingerprint density at radius 2 is 2.22 bits per heavy atom. The van der Waals surface area contributed by atoms with Crippen molar-refractivity contribution in [3.63, 3.8) is 0 Å². The van der Waals surface area contributed by atoms with Crippen molar-refractivity contribution in [1.29, 1.82) is 0 Å².